The minimum atomic E-state index is -0.744. The van der Waals surface area contributed by atoms with Crippen molar-refractivity contribution in [2.24, 2.45) is 0 Å². The molecule has 4 aromatic rings. The van der Waals surface area contributed by atoms with Crippen LogP contribution in [0.1, 0.15) is 71.4 Å². The molecule has 0 fully saturated rings. The first-order valence-electron chi connectivity index (χ1n) is 18.6. The Labute approximate surface area is 337 Å². The summed E-state index contributed by atoms with van der Waals surface area (Å²) in [7, 11) is 0. The van der Waals surface area contributed by atoms with E-state index in [0.29, 0.717) is 33.8 Å². The van der Waals surface area contributed by atoms with E-state index in [0.717, 1.165) is 0 Å². The van der Waals surface area contributed by atoms with Crippen LogP contribution in [0, 0.1) is 0 Å². The van der Waals surface area contributed by atoms with Gasteiger partial charge in [0, 0.05) is 46.2 Å². The molecule has 12 heteroatoms. The zero-order chi connectivity index (χ0) is 41.9. The molecule has 0 aromatic heterocycles. The third kappa shape index (κ3) is 14.7. The first-order chi connectivity index (χ1) is 27.9. The Morgan fingerprint density at radius 3 is 1.12 bits per heavy atom. The van der Waals surface area contributed by atoms with E-state index >= 15 is 0 Å². The van der Waals surface area contributed by atoms with Crippen LogP contribution in [0.15, 0.2) is 133 Å². The van der Waals surface area contributed by atoms with Gasteiger partial charge in [0.15, 0.2) is 11.6 Å². The molecule has 2 atom stereocenters. The fraction of sp³-hybridized carbons (Fsp3) is 0.261. The highest BCUT2D eigenvalue weighted by atomic mass is 16.6. The second-order valence-corrected chi connectivity index (χ2v) is 13.2. The lowest BCUT2D eigenvalue weighted by Gasteiger charge is -2.20. The van der Waals surface area contributed by atoms with Crippen molar-refractivity contribution in [3.05, 3.63) is 156 Å². The average Bonchev–Trinajstić information content (AvgIpc) is 3.24. The van der Waals surface area contributed by atoms with Crippen LogP contribution < -0.4 is 9.47 Å². The average molecular weight is 791 g/mol. The Hall–Kier alpha value is -6.82. The Balaban J connectivity index is 1.29. The summed E-state index contributed by atoms with van der Waals surface area (Å²) in [6.45, 7) is 9.63. The molecule has 0 bridgehead atoms. The zero-order valence-electron chi connectivity index (χ0n) is 32.5. The van der Waals surface area contributed by atoms with Gasteiger partial charge < -0.3 is 28.4 Å². The van der Waals surface area contributed by atoms with Gasteiger partial charge in [0.1, 0.15) is 36.9 Å². The highest BCUT2D eigenvalue weighted by Gasteiger charge is 2.20. The van der Waals surface area contributed by atoms with Gasteiger partial charge in [-0.3, -0.25) is 19.2 Å². The molecule has 0 saturated heterocycles. The predicted molar refractivity (Wildman–Crippen MR) is 213 cm³/mol. The number of ether oxygens (including phenoxy) is 6. The SMILES string of the molecule is C=C(C)C(=O)OCCC(COC(=O)CCC(=O)OCC(CCOC(=O)C(=C)C)Oc1ccc(C(=O)c2ccccc2)cc1)Oc1ccc(C(=O)c2ccccc2)cc1. The Morgan fingerprint density at radius 1 is 0.466 bits per heavy atom. The molecule has 12 nitrogen and oxygen atoms in total. The summed E-state index contributed by atoms with van der Waals surface area (Å²) in [6.07, 6.45) is -1.77. The van der Waals surface area contributed by atoms with Crippen LogP contribution in [0.25, 0.3) is 0 Å². The van der Waals surface area contributed by atoms with Crippen molar-refractivity contribution in [2.45, 2.75) is 51.7 Å². The molecule has 0 aliphatic heterocycles. The van der Waals surface area contributed by atoms with Gasteiger partial charge in [0.05, 0.1) is 26.1 Å². The van der Waals surface area contributed by atoms with Gasteiger partial charge in [0.2, 0.25) is 0 Å². The first kappa shape index (κ1) is 43.9. The smallest absolute Gasteiger partial charge is 0.333 e. The standard InChI is InChI=1S/C46H46O12/c1-31(2)45(51)53-27-25-39(57-37-19-15-35(16-20-37)43(49)33-11-7-5-8-12-33)29-55-41(47)23-24-42(48)56-30-40(26-28-54-46(52)32(3)4)58-38-21-17-36(18-22-38)44(50)34-13-9-6-10-14-34/h5-22,39-40H,1,3,23-30H2,2,4H3. The molecule has 0 spiro atoms. The Bertz CT molecular complexity index is 1890. The molecule has 0 aliphatic rings. The molecule has 4 aromatic carbocycles. The highest BCUT2D eigenvalue weighted by Crippen LogP contribution is 2.20. The lowest BCUT2D eigenvalue weighted by Crippen LogP contribution is -2.28. The predicted octanol–water partition coefficient (Wildman–Crippen LogP) is 7.23. The van der Waals surface area contributed by atoms with Crippen molar-refractivity contribution >= 4 is 35.4 Å². The van der Waals surface area contributed by atoms with Gasteiger partial charge in [-0.25, -0.2) is 9.59 Å². The number of carbonyl (C=O) groups is 6. The van der Waals surface area contributed by atoms with E-state index in [1.807, 2.05) is 12.1 Å². The van der Waals surface area contributed by atoms with Crippen LogP contribution >= 0.6 is 0 Å². The molecule has 0 saturated carbocycles. The summed E-state index contributed by atoms with van der Waals surface area (Å²) < 4.78 is 33.3. The summed E-state index contributed by atoms with van der Waals surface area (Å²) >= 11 is 0. The minimum absolute atomic E-state index is 0.0452. The van der Waals surface area contributed by atoms with Crippen molar-refractivity contribution in [3.63, 3.8) is 0 Å². The third-order valence-electron chi connectivity index (χ3n) is 8.35. The molecule has 302 valence electrons. The molecular formula is C46H46O12. The van der Waals surface area contributed by atoms with Crippen molar-refractivity contribution in [1.82, 2.24) is 0 Å². The van der Waals surface area contributed by atoms with Crippen molar-refractivity contribution in [3.8, 4) is 11.5 Å². The number of ketones is 2. The molecular weight excluding hydrogens is 744 g/mol. The van der Waals surface area contributed by atoms with Crippen molar-refractivity contribution in [2.75, 3.05) is 26.4 Å². The monoisotopic (exact) mass is 790 g/mol. The van der Waals surface area contributed by atoms with Gasteiger partial charge in [-0.1, -0.05) is 73.8 Å². The van der Waals surface area contributed by atoms with E-state index in [2.05, 4.69) is 13.2 Å². The Kier molecular flexibility index (Phi) is 17.2. The van der Waals surface area contributed by atoms with Crippen molar-refractivity contribution in [1.29, 1.82) is 0 Å². The quantitative estimate of drug-likeness (QED) is 0.0322. The summed E-state index contributed by atoms with van der Waals surface area (Å²) in [4.78, 5) is 74.9. The maximum atomic E-state index is 12.8. The van der Waals surface area contributed by atoms with E-state index in [4.69, 9.17) is 28.4 Å². The number of esters is 4. The van der Waals surface area contributed by atoms with Gasteiger partial charge in [-0.15, -0.1) is 0 Å². The third-order valence-corrected chi connectivity index (χ3v) is 8.35. The fourth-order valence-corrected chi connectivity index (χ4v) is 5.15. The Morgan fingerprint density at radius 2 is 0.793 bits per heavy atom. The van der Waals surface area contributed by atoms with E-state index in [1.165, 1.54) is 13.8 Å². The molecule has 0 N–H and O–H groups in total. The largest absolute Gasteiger partial charge is 0.487 e. The molecule has 2 unspecified atom stereocenters. The first-order valence-corrected chi connectivity index (χ1v) is 18.6. The summed E-state index contributed by atoms with van der Waals surface area (Å²) in [6, 6.07) is 30.6. The molecule has 58 heavy (non-hydrogen) atoms. The normalized spacial score (nSPS) is 11.6. The summed E-state index contributed by atoms with van der Waals surface area (Å²) in [5.74, 6) is -2.07. The van der Waals surface area contributed by atoms with Crippen LogP contribution in [-0.2, 0) is 38.1 Å². The number of benzene rings is 4. The van der Waals surface area contributed by atoms with E-state index in [-0.39, 0.29) is 74.8 Å². The number of carbonyl (C=O) groups excluding carboxylic acids is 6. The lowest BCUT2D eigenvalue weighted by molar-refractivity contribution is -0.153. The van der Waals surface area contributed by atoms with E-state index in [9.17, 15) is 28.8 Å². The number of hydrogen-bond acceptors (Lipinski definition) is 12. The van der Waals surface area contributed by atoms with E-state index in [1.54, 1.807) is 97.1 Å². The van der Waals surface area contributed by atoms with Gasteiger partial charge >= 0.3 is 23.9 Å². The van der Waals surface area contributed by atoms with Crippen molar-refractivity contribution < 1.29 is 57.2 Å². The molecule has 0 radical (unpaired) electrons. The molecule has 0 heterocycles. The summed E-state index contributed by atoms with van der Waals surface area (Å²) in [5, 5.41) is 0. The zero-order valence-corrected chi connectivity index (χ0v) is 32.5. The lowest BCUT2D eigenvalue weighted by atomic mass is 10.0. The second-order valence-electron chi connectivity index (χ2n) is 13.2. The molecule has 0 aliphatic carbocycles. The summed E-state index contributed by atoms with van der Waals surface area (Å²) in [5.41, 5.74) is 2.45. The van der Waals surface area contributed by atoms with E-state index < -0.39 is 36.1 Å². The maximum Gasteiger partial charge on any atom is 0.333 e. The highest BCUT2D eigenvalue weighted by molar-refractivity contribution is 6.09. The maximum absolute atomic E-state index is 12.8. The number of hydrogen-bond donors (Lipinski definition) is 0. The van der Waals surface area contributed by atoms with Crippen LogP contribution in [-0.4, -0.2) is 74.1 Å². The topological polar surface area (TPSA) is 158 Å². The van der Waals surface area contributed by atoms with Gasteiger partial charge in [-0.05, 0) is 62.4 Å². The molecule has 4 rings (SSSR count). The van der Waals surface area contributed by atoms with Gasteiger partial charge in [0.25, 0.3) is 0 Å². The molecule has 0 amide bonds. The van der Waals surface area contributed by atoms with Crippen LogP contribution in [0.5, 0.6) is 11.5 Å². The number of rotatable bonds is 23. The minimum Gasteiger partial charge on any atom is -0.487 e. The van der Waals surface area contributed by atoms with Crippen LogP contribution in [0.2, 0.25) is 0 Å². The second kappa shape index (κ2) is 22.7. The fourth-order valence-electron chi connectivity index (χ4n) is 5.15. The van der Waals surface area contributed by atoms with Crippen LogP contribution in [0.4, 0.5) is 0 Å². The van der Waals surface area contributed by atoms with Crippen LogP contribution in [0.3, 0.4) is 0 Å². The van der Waals surface area contributed by atoms with Gasteiger partial charge in [-0.2, -0.15) is 0 Å².